The van der Waals surface area contributed by atoms with Gasteiger partial charge < -0.3 is 15.7 Å². The van der Waals surface area contributed by atoms with Gasteiger partial charge in [-0.05, 0) is 36.4 Å². The molecular formula is C19H17F5N2O3S. The summed E-state index contributed by atoms with van der Waals surface area (Å²) in [5.41, 5.74) is -2.41. The van der Waals surface area contributed by atoms with Crippen LogP contribution in [0.4, 0.5) is 22.0 Å². The number of carbonyl (C=O) groups excluding carboxylic acids is 2. The molecule has 11 heteroatoms. The molecule has 2 unspecified atom stereocenters. The number of rotatable bonds is 7. The summed E-state index contributed by atoms with van der Waals surface area (Å²) in [6.07, 6.45) is -6.53. The maximum Gasteiger partial charge on any atom is 0.417 e. The van der Waals surface area contributed by atoms with E-state index in [0.717, 1.165) is 11.8 Å². The number of carbonyl (C=O) groups is 2. The second kappa shape index (κ2) is 9.90. The zero-order valence-corrected chi connectivity index (χ0v) is 16.3. The van der Waals surface area contributed by atoms with Gasteiger partial charge in [0.05, 0.1) is 17.2 Å². The summed E-state index contributed by atoms with van der Waals surface area (Å²) in [4.78, 5) is 24.9. The maximum absolute atomic E-state index is 13.2. The summed E-state index contributed by atoms with van der Waals surface area (Å²) in [6.45, 7) is 0. The third-order valence-electron chi connectivity index (χ3n) is 3.95. The van der Waals surface area contributed by atoms with Gasteiger partial charge in [-0.25, -0.2) is 8.78 Å². The van der Waals surface area contributed by atoms with Gasteiger partial charge in [0.25, 0.3) is 5.91 Å². The van der Waals surface area contributed by atoms with Crippen LogP contribution in [0.5, 0.6) is 0 Å². The van der Waals surface area contributed by atoms with E-state index in [0.29, 0.717) is 17.0 Å². The number of thioether (sulfide) groups is 1. The van der Waals surface area contributed by atoms with Crippen LogP contribution in [-0.4, -0.2) is 41.9 Å². The van der Waals surface area contributed by atoms with Crippen molar-refractivity contribution in [2.45, 2.75) is 23.2 Å². The Balaban J connectivity index is 2.20. The third kappa shape index (κ3) is 6.17. The molecule has 0 heterocycles. The molecule has 0 aliphatic carbocycles. The van der Waals surface area contributed by atoms with E-state index in [1.165, 1.54) is 25.2 Å². The van der Waals surface area contributed by atoms with Crippen molar-refractivity contribution in [3.63, 3.8) is 0 Å². The topological polar surface area (TPSA) is 78.4 Å². The lowest BCUT2D eigenvalue weighted by molar-refractivity contribution is -0.138. The fourth-order valence-corrected chi connectivity index (χ4v) is 3.42. The number of hydrogen-bond acceptors (Lipinski definition) is 4. The van der Waals surface area contributed by atoms with Crippen molar-refractivity contribution in [1.82, 2.24) is 10.6 Å². The molecule has 2 aromatic rings. The monoisotopic (exact) mass is 448 g/mol. The molecule has 2 atom stereocenters. The molecular weight excluding hydrogens is 431 g/mol. The van der Waals surface area contributed by atoms with E-state index < -0.39 is 52.9 Å². The second-order valence-corrected chi connectivity index (χ2v) is 7.18. The summed E-state index contributed by atoms with van der Waals surface area (Å²) in [6, 6.07) is 5.29. The first-order valence-electron chi connectivity index (χ1n) is 8.48. The minimum Gasteiger partial charge on any atom is -0.390 e. The van der Waals surface area contributed by atoms with Crippen LogP contribution in [0.25, 0.3) is 0 Å². The number of amides is 2. The van der Waals surface area contributed by atoms with E-state index in [4.69, 9.17) is 0 Å². The molecule has 0 aliphatic heterocycles. The van der Waals surface area contributed by atoms with Crippen molar-refractivity contribution >= 4 is 23.6 Å². The number of aliphatic hydroxyl groups excluding tert-OH is 1. The Kier molecular flexibility index (Phi) is 7.79. The standard InChI is InChI=1S/C19H17F5N2O3S/c1-25-18(29)16(15(27)9-30-12-4-2-3-10(20)7-12)26-17(28)13-6-5-11(21)8-14(13)19(22,23)24/h2-8,15-16,27H,9H2,1H3,(H,25,29)(H,26,28). The van der Waals surface area contributed by atoms with Crippen LogP contribution in [0.2, 0.25) is 0 Å². The van der Waals surface area contributed by atoms with Crippen LogP contribution in [0, 0.1) is 11.6 Å². The van der Waals surface area contributed by atoms with Gasteiger partial charge in [0.15, 0.2) is 0 Å². The highest BCUT2D eigenvalue weighted by atomic mass is 32.2. The zero-order valence-electron chi connectivity index (χ0n) is 15.5. The average molecular weight is 448 g/mol. The highest BCUT2D eigenvalue weighted by molar-refractivity contribution is 7.99. The number of halogens is 5. The predicted octanol–water partition coefficient (Wildman–Crippen LogP) is 2.98. The first kappa shape index (κ1) is 23.6. The van der Waals surface area contributed by atoms with Crippen LogP contribution in [-0.2, 0) is 11.0 Å². The molecule has 162 valence electrons. The van der Waals surface area contributed by atoms with E-state index in [9.17, 15) is 36.6 Å². The van der Waals surface area contributed by atoms with Gasteiger partial charge in [0.2, 0.25) is 5.91 Å². The van der Waals surface area contributed by atoms with Gasteiger partial charge in [-0.2, -0.15) is 13.2 Å². The lowest BCUT2D eigenvalue weighted by Gasteiger charge is -2.23. The van der Waals surface area contributed by atoms with Crippen molar-refractivity contribution < 1.29 is 36.6 Å². The first-order chi connectivity index (χ1) is 14.0. The van der Waals surface area contributed by atoms with Gasteiger partial charge >= 0.3 is 6.18 Å². The molecule has 0 aromatic heterocycles. The number of benzene rings is 2. The smallest absolute Gasteiger partial charge is 0.390 e. The summed E-state index contributed by atoms with van der Waals surface area (Å²) in [5.74, 6) is -4.04. The van der Waals surface area contributed by atoms with E-state index >= 15 is 0 Å². The molecule has 2 rings (SSSR count). The molecule has 30 heavy (non-hydrogen) atoms. The fraction of sp³-hybridized carbons (Fsp3) is 0.263. The summed E-state index contributed by atoms with van der Waals surface area (Å²) < 4.78 is 65.9. The number of hydrogen-bond donors (Lipinski definition) is 3. The van der Waals surface area contributed by atoms with Gasteiger partial charge in [0.1, 0.15) is 17.7 Å². The van der Waals surface area contributed by atoms with Crippen LogP contribution < -0.4 is 10.6 Å². The molecule has 3 N–H and O–H groups in total. The summed E-state index contributed by atoms with van der Waals surface area (Å²) >= 11 is 0.980. The van der Waals surface area contributed by atoms with E-state index in [1.54, 1.807) is 6.07 Å². The summed E-state index contributed by atoms with van der Waals surface area (Å²) in [7, 11) is 1.22. The van der Waals surface area contributed by atoms with E-state index in [-0.39, 0.29) is 11.8 Å². The summed E-state index contributed by atoms with van der Waals surface area (Å²) in [5, 5.41) is 14.6. The fourth-order valence-electron chi connectivity index (χ4n) is 2.49. The Labute approximate surface area is 172 Å². The van der Waals surface area contributed by atoms with Crippen LogP contribution in [0.15, 0.2) is 47.4 Å². The molecule has 0 aliphatic rings. The van der Waals surface area contributed by atoms with Crippen molar-refractivity contribution in [2.75, 3.05) is 12.8 Å². The molecule has 0 fully saturated rings. The Bertz CT molecular complexity index is 923. The molecule has 0 saturated heterocycles. The molecule has 5 nitrogen and oxygen atoms in total. The third-order valence-corrected chi connectivity index (χ3v) is 5.04. The molecule has 2 aromatic carbocycles. The van der Waals surface area contributed by atoms with Gasteiger partial charge in [-0.15, -0.1) is 11.8 Å². The van der Waals surface area contributed by atoms with Crippen molar-refractivity contribution in [3.05, 3.63) is 65.2 Å². The molecule has 0 bridgehead atoms. The normalized spacial score (nSPS) is 13.4. The minimum atomic E-state index is -5.01. The highest BCUT2D eigenvalue weighted by Crippen LogP contribution is 2.32. The molecule has 2 amide bonds. The maximum atomic E-state index is 13.2. The van der Waals surface area contributed by atoms with E-state index in [2.05, 4.69) is 10.6 Å². The number of alkyl halides is 3. The minimum absolute atomic E-state index is 0.167. The number of likely N-dealkylation sites (N-methyl/N-ethyl adjacent to an activating group) is 1. The average Bonchev–Trinajstić information content (AvgIpc) is 2.68. The second-order valence-electron chi connectivity index (χ2n) is 6.09. The zero-order chi connectivity index (χ0) is 22.5. The molecule has 0 saturated carbocycles. The van der Waals surface area contributed by atoms with Crippen LogP contribution >= 0.6 is 11.8 Å². The quantitative estimate of drug-likeness (QED) is 0.450. The Hall–Kier alpha value is -2.66. The molecule has 0 spiro atoms. The SMILES string of the molecule is CNC(=O)C(NC(=O)c1ccc(F)cc1C(F)(F)F)C(O)CSc1cccc(F)c1. The van der Waals surface area contributed by atoms with Crippen molar-refractivity contribution in [2.24, 2.45) is 0 Å². The molecule has 0 radical (unpaired) electrons. The first-order valence-corrected chi connectivity index (χ1v) is 9.47. The van der Waals surface area contributed by atoms with Gasteiger partial charge in [-0.3, -0.25) is 9.59 Å². The Morgan fingerprint density at radius 2 is 1.77 bits per heavy atom. The Morgan fingerprint density at radius 3 is 2.37 bits per heavy atom. The predicted molar refractivity (Wildman–Crippen MR) is 99.9 cm³/mol. The highest BCUT2D eigenvalue weighted by Gasteiger charge is 2.37. The lowest BCUT2D eigenvalue weighted by atomic mass is 10.0. The van der Waals surface area contributed by atoms with Crippen molar-refractivity contribution in [3.8, 4) is 0 Å². The lowest BCUT2D eigenvalue weighted by Crippen LogP contribution is -2.53. The van der Waals surface area contributed by atoms with Crippen LogP contribution in [0.1, 0.15) is 15.9 Å². The Morgan fingerprint density at radius 1 is 1.10 bits per heavy atom. The number of aliphatic hydroxyl groups is 1. The van der Waals surface area contributed by atoms with Gasteiger partial charge in [0, 0.05) is 17.7 Å². The van der Waals surface area contributed by atoms with E-state index in [1.807, 2.05) is 0 Å². The number of nitrogens with one attached hydrogen (secondary N) is 2. The largest absolute Gasteiger partial charge is 0.417 e. The van der Waals surface area contributed by atoms with Crippen molar-refractivity contribution in [1.29, 1.82) is 0 Å². The van der Waals surface area contributed by atoms with Crippen LogP contribution in [0.3, 0.4) is 0 Å². The van der Waals surface area contributed by atoms with Gasteiger partial charge in [-0.1, -0.05) is 6.07 Å².